The van der Waals surface area contributed by atoms with E-state index in [-0.39, 0.29) is 0 Å². The SMILES string of the molecule is CONc1cccnc1N1CCC(=CC#Cc2cccc(OC)c2)CC1. The molecule has 2 aromatic rings. The first-order chi connectivity index (χ1) is 12.8. The third-order valence-electron chi connectivity index (χ3n) is 4.27. The Morgan fingerprint density at radius 1 is 1.15 bits per heavy atom. The van der Waals surface area contributed by atoms with Gasteiger partial charge in [0.1, 0.15) is 11.4 Å². The number of nitrogens with one attached hydrogen (secondary N) is 1. The lowest BCUT2D eigenvalue weighted by molar-refractivity contribution is 0.271. The number of ether oxygens (including phenoxy) is 1. The van der Waals surface area contributed by atoms with E-state index in [1.807, 2.05) is 42.5 Å². The van der Waals surface area contributed by atoms with Gasteiger partial charge in [-0.3, -0.25) is 10.3 Å². The topological polar surface area (TPSA) is 46.6 Å². The van der Waals surface area contributed by atoms with Crippen molar-refractivity contribution in [2.24, 2.45) is 0 Å². The molecule has 134 valence electrons. The Labute approximate surface area is 154 Å². The first-order valence-electron chi connectivity index (χ1n) is 8.62. The van der Waals surface area contributed by atoms with Crippen molar-refractivity contribution >= 4 is 11.5 Å². The molecular weight excluding hydrogens is 326 g/mol. The zero-order valence-electron chi connectivity index (χ0n) is 15.2. The summed E-state index contributed by atoms with van der Waals surface area (Å²) < 4.78 is 5.22. The largest absolute Gasteiger partial charge is 0.497 e. The van der Waals surface area contributed by atoms with Crippen molar-refractivity contribution in [3.05, 3.63) is 59.8 Å². The molecule has 1 saturated heterocycles. The minimum atomic E-state index is 0.827. The van der Waals surface area contributed by atoms with Gasteiger partial charge in [0, 0.05) is 24.8 Å². The standard InChI is InChI=1S/C21H23N3O2/c1-25-19-9-4-8-18(16-19)7-3-6-17-11-14-24(15-12-17)21-20(23-26-2)10-5-13-22-21/h4-6,8-10,13,16,23H,11-12,14-15H2,1-2H3. The van der Waals surface area contributed by atoms with Crippen LogP contribution in [0.3, 0.4) is 0 Å². The van der Waals surface area contributed by atoms with E-state index in [1.54, 1.807) is 20.4 Å². The van der Waals surface area contributed by atoms with Crippen LogP contribution in [-0.2, 0) is 4.84 Å². The number of piperidine rings is 1. The van der Waals surface area contributed by atoms with Crippen LogP contribution in [0.1, 0.15) is 18.4 Å². The molecule has 0 bridgehead atoms. The molecule has 1 fully saturated rings. The van der Waals surface area contributed by atoms with E-state index >= 15 is 0 Å². The van der Waals surface area contributed by atoms with Gasteiger partial charge in [0.05, 0.1) is 14.2 Å². The van der Waals surface area contributed by atoms with Crippen molar-refractivity contribution in [3.63, 3.8) is 0 Å². The van der Waals surface area contributed by atoms with Gasteiger partial charge in [-0.2, -0.15) is 0 Å². The predicted molar refractivity (Wildman–Crippen MR) is 104 cm³/mol. The second-order valence-corrected chi connectivity index (χ2v) is 5.97. The Kier molecular flexibility index (Phi) is 6.13. The molecule has 2 heterocycles. The maximum atomic E-state index is 5.22. The van der Waals surface area contributed by atoms with Crippen molar-refractivity contribution in [2.75, 3.05) is 37.7 Å². The van der Waals surface area contributed by atoms with Gasteiger partial charge in [-0.25, -0.2) is 4.98 Å². The van der Waals surface area contributed by atoms with Gasteiger partial charge in [-0.1, -0.05) is 23.5 Å². The first-order valence-corrected chi connectivity index (χ1v) is 8.62. The summed E-state index contributed by atoms with van der Waals surface area (Å²) in [4.78, 5) is 11.8. The molecule has 1 aliphatic heterocycles. The van der Waals surface area contributed by atoms with Crippen LogP contribution < -0.4 is 15.1 Å². The molecule has 0 saturated carbocycles. The third-order valence-corrected chi connectivity index (χ3v) is 4.27. The summed E-state index contributed by atoms with van der Waals surface area (Å²) in [5.74, 6) is 8.11. The third kappa shape index (κ3) is 4.56. The van der Waals surface area contributed by atoms with E-state index in [0.29, 0.717) is 0 Å². The van der Waals surface area contributed by atoms with Crippen molar-refractivity contribution in [2.45, 2.75) is 12.8 Å². The summed E-state index contributed by atoms with van der Waals surface area (Å²) in [6.45, 7) is 1.84. The lowest BCUT2D eigenvalue weighted by Crippen LogP contribution is -2.31. The molecule has 5 heteroatoms. The molecule has 0 atom stereocenters. The molecule has 0 radical (unpaired) electrons. The summed E-state index contributed by atoms with van der Waals surface area (Å²) in [7, 11) is 3.27. The number of aromatic nitrogens is 1. The van der Waals surface area contributed by atoms with Gasteiger partial charge in [-0.05, 0) is 49.2 Å². The van der Waals surface area contributed by atoms with Gasteiger partial charge < -0.3 is 9.64 Å². The Hall–Kier alpha value is -2.97. The molecule has 1 aliphatic rings. The van der Waals surface area contributed by atoms with Crippen molar-refractivity contribution < 1.29 is 9.57 Å². The summed E-state index contributed by atoms with van der Waals surface area (Å²) in [5, 5.41) is 0. The number of allylic oxidation sites excluding steroid dienone is 1. The van der Waals surface area contributed by atoms with Gasteiger partial charge in [0.2, 0.25) is 0 Å². The van der Waals surface area contributed by atoms with Crippen LogP contribution in [0.5, 0.6) is 5.75 Å². The quantitative estimate of drug-likeness (QED) is 0.674. The number of anilines is 2. The number of rotatable bonds is 4. The normalized spacial score (nSPS) is 13.6. The van der Waals surface area contributed by atoms with E-state index in [1.165, 1.54) is 5.57 Å². The van der Waals surface area contributed by atoms with E-state index in [2.05, 4.69) is 27.2 Å². The number of benzene rings is 1. The second-order valence-electron chi connectivity index (χ2n) is 5.97. The van der Waals surface area contributed by atoms with Crippen LogP contribution in [0, 0.1) is 11.8 Å². The monoisotopic (exact) mass is 349 g/mol. The zero-order chi connectivity index (χ0) is 18.2. The van der Waals surface area contributed by atoms with Crippen LogP contribution in [0.15, 0.2) is 54.2 Å². The summed E-state index contributed by atoms with van der Waals surface area (Å²) in [5.41, 5.74) is 6.11. The number of nitrogens with zero attached hydrogens (tertiary/aromatic N) is 2. The van der Waals surface area contributed by atoms with Gasteiger partial charge in [0.15, 0.2) is 5.82 Å². The van der Waals surface area contributed by atoms with Crippen LogP contribution in [0.25, 0.3) is 0 Å². The summed E-state index contributed by atoms with van der Waals surface area (Å²) >= 11 is 0. The molecule has 1 aromatic heterocycles. The maximum absolute atomic E-state index is 5.22. The second kappa shape index (κ2) is 8.93. The Bertz CT molecular complexity index is 826. The molecule has 3 rings (SSSR count). The summed E-state index contributed by atoms with van der Waals surface area (Å²) in [6.07, 6.45) is 5.82. The van der Waals surface area contributed by atoms with Gasteiger partial charge in [0.25, 0.3) is 0 Å². The highest BCUT2D eigenvalue weighted by Crippen LogP contribution is 2.27. The van der Waals surface area contributed by atoms with E-state index in [9.17, 15) is 0 Å². The lowest BCUT2D eigenvalue weighted by atomic mass is 10.0. The molecule has 26 heavy (non-hydrogen) atoms. The minimum absolute atomic E-state index is 0.827. The van der Waals surface area contributed by atoms with Crippen molar-refractivity contribution in [1.29, 1.82) is 0 Å². The predicted octanol–water partition coefficient (Wildman–Crippen LogP) is 3.64. The fourth-order valence-corrected chi connectivity index (χ4v) is 2.91. The number of methoxy groups -OCH3 is 1. The highest BCUT2D eigenvalue weighted by atomic mass is 16.6. The first kappa shape index (κ1) is 17.8. The molecule has 0 amide bonds. The number of hydrogen-bond donors (Lipinski definition) is 1. The van der Waals surface area contributed by atoms with E-state index in [4.69, 9.17) is 9.57 Å². The lowest BCUT2D eigenvalue weighted by Gasteiger charge is -2.30. The van der Waals surface area contributed by atoms with E-state index < -0.39 is 0 Å². The summed E-state index contributed by atoms with van der Waals surface area (Å²) in [6, 6.07) is 11.7. The molecule has 0 unspecified atom stereocenters. The van der Waals surface area contributed by atoms with Crippen molar-refractivity contribution in [3.8, 4) is 17.6 Å². The minimum Gasteiger partial charge on any atom is -0.497 e. The van der Waals surface area contributed by atoms with Crippen LogP contribution >= 0.6 is 0 Å². The van der Waals surface area contributed by atoms with Gasteiger partial charge in [-0.15, -0.1) is 0 Å². The van der Waals surface area contributed by atoms with Crippen LogP contribution in [-0.4, -0.2) is 32.3 Å². The molecular formula is C21H23N3O2. The Morgan fingerprint density at radius 2 is 2.00 bits per heavy atom. The molecule has 1 aromatic carbocycles. The van der Waals surface area contributed by atoms with Gasteiger partial charge >= 0.3 is 0 Å². The van der Waals surface area contributed by atoms with Crippen molar-refractivity contribution in [1.82, 2.24) is 4.98 Å². The Morgan fingerprint density at radius 3 is 2.77 bits per heavy atom. The number of pyridine rings is 1. The highest BCUT2D eigenvalue weighted by molar-refractivity contribution is 5.64. The average molecular weight is 349 g/mol. The fourth-order valence-electron chi connectivity index (χ4n) is 2.91. The fraction of sp³-hybridized carbons (Fsp3) is 0.286. The van der Waals surface area contributed by atoms with E-state index in [0.717, 1.165) is 48.7 Å². The molecule has 1 N–H and O–H groups in total. The average Bonchev–Trinajstić information content (AvgIpc) is 2.69. The van der Waals surface area contributed by atoms with Crippen LogP contribution in [0.4, 0.5) is 11.5 Å². The molecule has 5 nitrogen and oxygen atoms in total. The highest BCUT2D eigenvalue weighted by Gasteiger charge is 2.17. The zero-order valence-corrected chi connectivity index (χ0v) is 15.2. The molecule has 0 spiro atoms. The number of hydrogen-bond acceptors (Lipinski definition) is 5. The maximum Gasteiger partial charge on any atom is 0.154 e. The molecule has 0 aliphatic carbocycles. The Balaban J connectivity index is 1.62. The van der Waals surface area contributed by atoms with Crippen LogP contribution in [0.2, 0.25) is 0 Å². The smallest absolute Gasteiger partial charge is 0.154 e.